The molecule has 19 heavy (non-hydrogen) atoms. The zero-order valence-corrected chi connectivity index (χ0v) is 12.9. The number of rotatable bonds is 9. The average molecular weight is 329 g/mol. The Kier molecular flexibility index (Phi) is 5.85. The molecule has 0 atom stereocenters. The van der Waals surface area contributed by atoms with Crippen molar-refractivity contribution in [2.24, 2.45) is 5.92 Å². The van der Waals surface area contributed by atoms with Crippen LogP contribution in [0.25, 0.3) is 0 Å². The molecule has 2 N–H and O–H groups in total. The Balaban J connectivity index is 1.74. The summed E-state index contributed by atoms with van der Waals surface area (Å²) in [6.45, 7) is 5.40. The number of aromatic nitrogens is 2. The van der Waals surface area contributed by atoms with E-state index in [9.17, 15) is 0 Å². The molecule has 2 rings (SSSR count). The van der Waals surface area contributed by atoms with Gasteiger partial charge in [0.2, 0.25) is 0 Å². The Bertz CT molecular complexity index is 398. The van der Waals surface area contributed by atoms with Gasteiger partial charge in [-0.25, -0.2) is 9.97 Å². The molecule has 1 fully saturated rings. The minimum atomic E-state index is 0.713. The van der Waals surface area contributed by atoms with Gasteiger partial charge in [-0.1, -0.05) is 6.92 Å². The van der Waals surface area contributed by atoms with Crippen LogP contribution in [0.4, 0.5) is 11.6 Å². The van der Waals surface area contributed by atoms with Crippen LogP contribution in [-0.2, 0) is 4.74 Å². The second-order valence-electron chi connectivity index (χ2n) is 4.76. The summed E-state index contributed by atoms with van der Waals surface area (Å²) in [4.78, 5) is 8.44. The van der Waals surface area contributed by atoms with Crippen molar-refractivity contribution in [2.45, 2.75) is 26.2 Å². The molecule has 1 aromatic rings. The normalized spacial score (nSPS) is 14.4. The molecule has 0 bridgehead atoms. The van der Waals surface area contributed by atoms with Crippen molar-refractivity contribution in [3.05, 3.63) is 10.8 Å². The summed E-state index contributed by atoms with van der Waals surface area (Å²) in [6.07, 6.45) is 5.29. The molecule has 1 aliphatic rings. The molecule has 0 spiro atoms. The minimum Gasteiger partial charge on any atom is -0.379 e. The Morgan fingerprint density at radius 2 is 1.95 bits per heavy atom. The monoisotopic (exact) mass is 328 g/mol. The van der Waals surface area contributed by atoms with E-state index in [1.54, 1.807) is 6.33 Å². The van der Waals surface area contributed by atoms with E-state index in [1.165, 1.54) is 12.8 Å². The van der Waals surface area contributed by atoms with Gasteiger partial charge >= 0.3 is 0 Å². The fourth-order valence-electron chi connectivity index (χ4n) is 1.64. The van der Waals surface area contributed by atoms with E-state index < -0.39 is 0 Å². The standard InChI is InChI=1S/C13H21BrN4O/c1-2-5-15-12-11(14)13(18-9-17-12)16-6-7-19-8-10-3-4-10/h9-10H,2-8H2,1H3,(H2,15,16,17,18). The van der Waals surface area contributed by atoms with Gasteiger partial charge < -0.3 is 15.4 Å². The molecule has 0 amide bonds. The van der Waals surface area contributed by atoms with Gasteiger partial charge in [0.1, 0.15) is 22.4 Å². The highest BCUT2D eigenvalue weighted by Crippen LogP contribution is 2.29. The van der Waals surface area contributed by atoms with Crippen molar-refractivity contribution < 1.29 is 4.74 Å². The molecular weight excluding hydrogens is 308 g/mol. The first-order valence-electron chi connectivity index (χ1n) is 6.87. The molecule has 0 aromatic carbocycles. The Hall–Kier alpha value is -0.880. The third-order valence-corrected chi connectivity index (χ3v) is 3.67. The summed E-state index contributed by atoms with van der Waals surface area (Å²) >= 11 is 3.52. The fraction of sp³-hybridized carbons (Fsp3) is 0.692. The first-order valence-corrected chi connectivity index (χ1v) is 7.66. The molecule has 1 heterocycles. The summed E-state index contributed by atoms with van der Waals surface area (Å²) < 4.78 is 6.46. The van der Waals surface area contributed by atoms with Crippen molar-refractivity contribution in [2.75, 3.05) is 36.9 Å². The average Bonchev–Trinajstić information content (AvgIpc) is 3.23. The molecule has 106 valence electrons. The highest BCUT2D eigenvalue weighted by Gasteiger charge is 2.20. The van der Waals surface area contributed by atoms with Crippen LogP contribution in [0.15, 0.2) is 10.8 Å². The Labute approximate surface area is 122 Å². The number of nitrogens with zero attached hydrogens (tertiary/aromatic N) is 2. The second kappa shape index (κ2) is 7.65. The van der Waals surface area contributed by atoms with Crippen LogP contribution in [0, 0.1) is 5.92 Å². The molecule has 0 saturated heterocycles. The van der Waals surface area contributed by atoms with Crippen LogP contribution in [0.5, 0.6) is 0 Å². The zero-order chi connectivity index (χ0) is 13.5. The number of ether oxygens (including phenoxy) is 1. The van der Waals surface area contributed by atoms with Gasteiger partial charge in [0.15, 0.2) is 0 Å². The quantitative estimate of drug-likeness (QED) is 0.682. The lowest BCUT2D eigenvalue weighted by Crippen LogP contribution is -2.13. The van der Waals surface area contributed by atoms with E-state index in [-0.39, 0.29) is 0 Å². The molecular formula is C13H21BrN4O. The summed E-state index contributed by atoms with van der Waals surface area (Å²) in [5.41, 5.74) is 0. The lowest BCUT2D eigenvalue weighted by Gasteiger charge is -2.11. The van der Waals surface area contributed by atoms with E-state index in [4.69, 9.17) is 4.74 Å². The van der Waals surface area contributed by atoms with Gasteiger partial charge in [0.25, 0.3) is 0 Å². The predicted molar refractivity (Wildman–Crippen MR) is 80.5 cm³/mol. The summed E-state index contributed by atoms with van der Waals surface area (Å²) in [5.74, 6) is 2.46. The largest absolute Gasteiger partial charge is 0.379 e. The first kappa shape index (κ1) is 14.5. The van der Waals surface area contributed by atoms with Crippen LogP contribution in [-0.4, -0.2) is 36.3 Å². The van der Waals surface area contributed by atoms with Crippen molar-refractivity contribution >= 4 is 27.6 Å². The van der Waals surface area contributed by atoms with Crippen LogP contribution < -0.4 is 10.6 Å². The van der Waals surface area contributed by atoms with Crippen LogP contribution in [0.3, 0.4) is 0 Å². The van der Waals surface area contributed by atoms with Crippen molar-refractivity contribution in [1.82, 2.24) is 9.97 Å². The third-order valence-electron chi connectivity index (χ3n) is 2.92. The molecule has 1 aromatic heterocycles. The number of hydrogen-bond acceptors (Lipinski definition) is 5. The maximum atomic E-state index is 5.58. The third kappa shape index (κ3) is 4.95. The highest BCUT2D eigenvalue weighted by atomic mass is 79.9. The summed E-state index contributed by atoms with van der Waals surface area (Å²) in [6, 6.07) is 0. The second-order valence-corrected chi connectivity index (χ2v) is 5.55. The smallest absolute Gasteiger partial charge is 0.146 e. The van der Waals surface area contributed by atoms with Crippen molar-refractivity contribution in [3.8, 4) is 0 Å². The van der Waals surface area contributed by atoms with Gasteiger partial charge in [0.05, 0.1) is 6.61 Å². The van der Waals surface area contributed by atoms with Crippen LogP contribution in [0.2, 0.25) is 0 Å². The molecule has 1 saturated carbocycles. The van der Waals surface area contributed by atoms with Crippen molar-refractivity contribution in [1.29, 1.82) is 0 Å². The predicted octanol–water partition coefficient (Wildman–Crippen LogP) is 2.90. The van der Waals surface area contributed by atoms with Gasteiger partial charge in [-0.15, -0.1) is 0 Å². The number of halogens is 1. The highest BCUT2D eigenvalue weighted by molar-refractivity contribution is 9.10. The zero-order valence-electron chi connectivity index (χ0n) is 11.3. The van der Waals surface area contributed by atoms with E-state index in [2.05, 4.69) is 43.5 Å². The molecule has 1 aliphatic carbocycles. The van der Waals surface area contributed by atoms with Gasteiger partial charge in [-0.2, -0.15) is 0 Å². The van der Waals surface area contributed by atoms with Gasteiger partial charge in [-0.3, -0.25) is 0 Å². The topological polar surface area (TPSA) is 59.1 Å². The lowest BCUT2D eigenvalue weighted by molar-refractivity contribution is 0.134. The number of hydrogen-bond donors (Lipinski definition) is 2. The molecule has 0 radical (unpaired) electrons. The van der Waals surface area contributed by atoms with Gasteiger partial charge in [-0.05, 0) is 41.1 Å². The SMILES string of the molecule is CCCNc1ncnc(NCCOCC2CC2)c1Br. The molecule has 5 nitrogen and oxygen atoms in total. The molecule has 0 aliphatic heterocycles. The maximum Gasteiger partial charge on any atom is 0.146 e. The van der Waals surface area contributed by atoms with E-state index in [0.29, 0.717) is 6.61 Å². The van der Waals surface area contributed by atoms with E-state index in [1.807, 2.05) is 0 Å². The fourth-order valence-corrected chi connectivity index (χ4v) is 2.12. The van der Waals surface area contributed by atoms with E-state index in [0.717, 1.165) is 48.1 Å². The Morgan fingerprint density at radius 1 is 1.26 bits per heavy atom. The Morgan fingerprint density at radius 3 is 2.58 bits per heavy atom. The van der Waals surface area contributed by atoms with E-state index >= 15 is 0 Å². The molecule has 0 unspecified atom stereocenters. The van der Waals surface area contributed by atoms with Crippen molar-refractivity contribution in [3.63, 3.8) is 0 Å². The maximum absolute atomic E-state index is 5.58. The van der Waals surface area contributed by atoms with Crippen LogP contribution in [0.1, 0.15) is 26.2 Å². The number of anilines is 2. The van der Waals surface area contributed by atoms with Crippen LogP contribution >= 0.6 is 15.9 Å². The molecule has 6 heteroatoms. The summed E-state index contributed by atoms with van der Waals surface area (Å²) in [5, 5.41) is 6.52. The first-order chi connectivity index (χ1) is 9.31. The lowest BCUT2D eigenvalue weighted by atomic mass is 10.4. The number of nitrogens with one attached hydrogen (secondary N) is 2. The van der Waals surface area contributed by atoms with Gasteiger partial charge in [0, 0.05) is 19.7 Å². The minimum absolute atomic E-state index is 0.713. The summed E-state index contributed by atoms with van der Waals surface area (Å²) in [7, 11) is 0.